The molecule has 0 saturated carbocycles. The lowest BCUT2D eigenvalue weighted by atomic mass is 10.1. The van der Waals surface area contributed by atoms with Gasteiger partial charge in [-0.3, -0.25) is 9.59 Å². The van der Waals surface area contributed by atoms with Gasteiger partial charge in [0.2, 0.25) is 11.7 Å². The number of aryl methyl sites for hydroxylation is 2. The third-order valence-corrected chi connectivity index (χ3v) is 2.99. The third-order valence-electron chi connectivity index (χ3n) is 2.99. The number of Topliss-reactive ketones (excluding diaryl/α,β-unsaturated/α-hetero) is 1. The van der Waals surface area contributed by atoms with Gasteiger partial charge in [0.25, 0.3) is 0 Å². The van der Waals surface area contributed by atoms with Gasteiger partial charge in [-0.15, -0.1) is 0 Å². The zero-order valence-electron chi connectivity index (χ0n) is 12.5. The lowest BCUT2D eigenvalue weighted by Gasteiger charge is -2.05. The fourth-order valence-corrected chi connectivity index (χ4v) is 1.98. The topological polar surface area (TPSA) is 97.0 Å². The number of rotatable bonds is 7. The summed E-state index contributed by atoms with van der Waals surface area (Å²) in [6.45, 7) is 3.77. The Hall–Kier alpha value is -2.70. The van der Waals surface area contributed by atoms with Gasteiger partial charge < -0.3 is 15.0 Å². The Bertz CT molecular complexity index is 652. The minimum absolute atomic E-state index is 0.136. The predicted octanol–water partition coefficient (Wildman–Crippen LogP) is 1.65. The molecule has 7 heteroatoms. The Morgan fingerprint density at radius 2 is 2.00 bits per heavy atom. The van der Waals surface area contributed by atoms with Crippen molar-refractivity contribution in [3.8, 4) is 0 Å². The highest BCUT2D eigenvalue weighted by molar-refractivity contribution is 5.99. The molecule has 0 unspecified atom stereocenters. The minimum Gasteiger partial charge on any atom is -0.457 e. The number of esters is 1. The van der Waals surface area contributed by atoms with Crippen molar-refractivity contribution < 1.29 is 14.3 Å². The molecule has 2 rings (SSSR count). The smallest absolute Gasteiger partial charge is 0.308 e. The zero-order chi connectivity index (χ0) is 15.9. The minimum atomic E-state index is -0.443. The van der Waals surface area contributed by atoms with E-state index in [0.29, 0.717) is 18.1 Å². The second kappa shape index (κ2) is 7.35. The van der Waals surface area contributed by atoms with E-state index in [2.05, 4.69) is 20.3 Å². The molecule has 116 valence electrons. The lowest BCUT2D eigenvalue weighted by Crippen LogP contribution is -2.17. The van der Waals surface area contributed by atoms with Crippen molar-refractivity contribution >= 4 is 17.7 Å². The van der Waals surface area contributed by atoms with Gasteiger partial charge in [0.1, 0.15) is 0 Å². The highest BCUT2D eigenvalue weighted by Gasteiger charge is 2.14. The van der Waals surface area contributed by atoms with E-state index in [1.165, 1.54) is 0 Å². The molecule has 0 aliphatic carbocycles. The van der Waals surface area contributed by atoms with E-state index in [-0.39, 0.29) is 18.8 Å². The van der Waals surface area contributed by atoms with Crippen LogP contribution in [0.25, 0.3) is 0 Å². The Kier molecular flexibility index (Phi) is 5.24. The number of carbonyl (C=O) groups excluding carboxylic acids is 2. The number of hydrogen-bond donors (Lipinski definition) is 2. The third kappa shape index (κ3) is 4.41. The normalized spacial score (nSPS) is 10.3. The van der Waals surface area contributed by atoms with Crippen LogP contribution in [0.3, 0.4) is 0 Å². The summed E-state index contributed by atoms with van der Waals surface area (Å²) in [6, 6.07) is 3.45. The number of hydrogen-bond acceptors (Lipinski definition) is 6. The van der Waals surface area contributed by atoms with E-state index in [9.17, 15) is 9.59 Å². The number of nitrogens with one attached hydrogen (secondary N) is 2. The van der Waals surface area contributed by atoms with E-state index >= 15 is 0 Å². The van der Waals surface area contributed by atoms with Gasteiger partial charge in [0, 0.05) is 35.9 Å². The summed E-state index contributed by atoms with van der Waals surface area (Å²) in [5, 5.41) is 2.89. The average molecular weight is 302 g/mol. The maximum absolute atomic E-state index is 11.9. The second-order valence-corrected chi connectivity index (χ2v) is 4.82. The average Bonchev–Trinajstić information content (AvgIpc) is 2.84. The standard InChI is InChI=1S/C15H18N4O3/c1-10-8-12(11(2)19-10)13(20)9-22-14(21)4-7-18-15-16-5-3-6-17-15/h3,5-6,8,19H,4,7,9H2,1-2H3,(H,16,17,18). The first-order valence-electron chi connectivity index (χ1n) is 6.92. The molecule has 0 radical (unpaired) electrons. The van der Waals surface area contributed by atoms with Crippen LogP contribution in [-0.2, 0) is 9.53 Å². The number of aromatic nitrogens is 3. The Balaban J connectivity index is 1.71. The van der Waals surface area contributed by atoms with Crippen molar-refractivity contribution in [1.82, 2.24) is 15.0 Å². The summed E-state index contributed by atoms with van der Waals surface area (Å²) in [5.74, 6) is -0.207. The van der Waals surface area contributed by atoms with Crippen LogP contribution in [0.5, 0.6) is 0 Å². The molecule has 0 aliphatic heterocycles. The van der Waals surface area contributed by atoms with Crippen molar-refractivity contribution in [2.45, 2.75) is 20.3 Å². The van der Waals surface area contributed by atoms with Crippen LogP contribution in [0.1, 0.15) is 28.2 Å². The van der Waals surface area contributed by atoms with Crippen molar-refractivity contribution in [1.29, 1.82) is 0 Å². The molecule has 0 aliphatic rings. The molecule has 7 nitrogen and oxygen atoms in total. The molecule has 22 heavy (non-hydrogen) atoms. The van der Waals surface area contributed by atoms with Crippen LogP contribution in [0.4, 0.5) is 5.95 Å². The Morgan fingerprint density at radius 1 is 1.27 bits per heavy atom. The first kappa shape index (κ1) is 15.7. The first-order chi connectivity index (χ1) is 10.6. The molecule has 0 amide bonds. The molecule has 0 fully saturated rings. The highest BCUT2D eigenvalue weighted by atomic mass is 16.5. The Morgan fingerprint density at radius 3 is 2.64 bits per heavy atom. The largest absolute Gasteiger partial charge is 0.457 e. The second-order valence-electron chi connectivity index (χ2n) is 4.82. The summed E-state index contributed by atoms with van der Waals surface area (Å²) in [4.78, 5) is 34.5. The van der Waals surface area contributed by atoms with Crippen LogP contribution < -0.4 is 5.32 Å². The van der Waals surface area contributed by atoms with Crippen LogP contribution in [0.2, 0.25) is 0 Å². The highest BCUT2D eigenvalue weighted by Crippen LogP contribution is 2.10. The maximum Gasteiger partial charge on any atom is 0.308 e. The number of nitrogens with zero attached hydrogens (tertiary/aromatic N) is 2. The molecular formula is C15H18N4O3. The first-order valence-corrected chi connectivity index (χ1v) is 6.92. The number of carbonyl (C=O) groups is 2. The molecule has 0 spiro atoms. The number of H-pyrrole nitrogens is 1. The summed E-state index contributed by atoms with van der Waals surface area (Å²) in [7, 11) is 0. The summed E-state index contributed by atoms with van der Waals surface area (Å²) in [6.07, 6.45) is 3.34. The molecule has 0 atom stereocenters. The van der Waals surface area contributed by atoms with Crippen LogP contribution in [0, 0.1) is 13.8 Å². The van der Waals surface area contributed by atoms with E-state index in [4.69, 9.17) is 4.74 Å². The molecular weight excluding hydrogens is 284 g/mol. The molecule has 2 aromatic rings. The molecule has 2 heterocycles. The van der Waals surface area contributed by atoms with Gasteiger partial charge in [-0.1, -0.05) is 0 Å². The van der Waals surface area contributed by atoms with Gasteiger partial charge in [-0.2, -0.15) is 0 Å². The molecule has 0 aromatic carbocycles. The summed E-state index contributed by atoms with van der Waals surface area (Å²) in [5.41, 5.74) is 2.24. The van der Waals surface area contributed by atoms with Crippen molar-refractivity contribution in [2.24, 2.45) is 0 Å². The van der Waals surface area contributed by atoms with E-state index in [1.807, 2.05) is 13.8 Å². The van der Waals surface area contributed by atoms with E-state index < -0.39 is 5.97 Å². The van der Waals surface area contributed by atoms with Crippen LogP contribution in [0.15, 0.2) is 24.5 Å². The summed E-state index contributed by atoms with van der Waals surface area (Å²) >= 11 is 0. The van der Waals surface area contributed by atoms with Crippen molar-refractivity contribution in [2.75, 3.05) is 18.5 Å². The van der Waals surface area contributed by atoms with Gasteiger partial charge >= 0.3 is 5.97 Å². The lowest BCUT2D eigenvalue weighted by molar-refractivity contribution is -0.142. The maximum atomic E-state index is 11.9. The predicted molar refractivity (Wildman–Crippen MR) is 80.7 cm³/mol. The van der Waals surface area contributed by atoms with E-state index in [1.54, 1.807) is 24.5 Å². The summed E-state index contributed by atoms with van der Waals surface area (Å²) < 4.78 is 4.98. The SMILES string of the molecule is Cc1cc(C(=O)COC(=O)CCNc2ncccn2)c(C)[nH]1. The van der Waals surface area contributed by atoms with Gasteiger partial charge in [-0.05, 0) is 26.0 Å². The number of aromatic amines is 1. The quantitative estimate of drug-likeness (QED) is 0.596. The fraction of sp³-hybridized carbons (Fsp3) is 0.333. The molecule has 0 saturated heterocycles. The van der Waals surface area contributed by atoms with Gasteiger partial charge in [0.05, 0.1) is 6.42 Å². The van der Waals surface area contributed by atoms with Crippen molar-refractivity contribution in [3.05, 3.63) is 41.5 Å². The van der Waals surface area contributed by atoms with Crippen LogP contribution >= 0.6 is 0 Å². The number of ether oxygens (including phenoxy) is 1. The molecule has 2 N–H and O–H groups in total. The van der Waals surface area contributed by atoms with Gasteiger partial charge in [-0.25, -0.2) is 9.97 Å². The monoisotopic (exact) mass is 302 g/mol. The van der Waals surface area contributed by atoms with Crippen molar-refractivity contribution in [3.63, 3.8) is 0 Å². The van der Waals surface area contributed by atoms with E-state index in [0.717, 1.165) is 11.4 Å². The Labute approximate surface area is 128 Å². The molecule has 2 aromatic heterocycles. The van der Waals surface area contributed by atoms with Crippen LogP contribution in [-0.4, -0.2) is 39.9 Å². The molecule has 0 bridgehead atoms. The number of anilines is 1. The fourth-order valence-electron chi connectivity index (χ4n) is 1.98. The zero-order valence-corrected chi connectivity index (χ0v) is 12.5. The van der Waals surface area contributed by atoms with Gasteiger partial charge in [0.15, 0.2) is 6.61 Å². The number of ketones is 1.